The third-order valence-electron chi connectivity index (χ3n) is 4.24. The van der Waals surface area contributed by atoms with E-state index >= 15 is 0 Å². The van der Waals surface area contributed by atoms with E-state index in [-0.39, 0.29) is 11.9 Å². The lowest BCUT2D eigenvalue weighted by atomic mass is 9.83. The minimum atomic E-state index is -0.124. The van der Waals surface area contributed by atoms with Crippen LogP contribution in [0.5, 0.6) is 0 Å². The molecular weight excluding hydrogens is 242 g/mol. The molecule has 3 rings (SSSR count). The van der Waals surface area contributed by atoms with E-state index in [0.717, 1.165) is 24.5 Å². The van der Waals surface area contributed by atoms with Crippen molar-refractivity contribution in [2.75, 3.05) is 25.1 Å². The first-order valence-corrected chi connectivity index (χ1v) is 6.94. The summed E-state index contributed by atoms with van der Waals surface area (Å²) in [5.41, 5.74) is 1.11. The van der Waals surface area contributed by atoms with Gasteiger partial charge < -0.3 is 9.64 Å². The van der Waals surface area contributed by atoms with E-state index < -0.39 is 0 Å². The molecule has 102 valence electrons. The van der Waals surface area contributed by atoms with Gasteiger partial charge in [0, 0.05) is 19.0 Å². The van der Waals surface area contributed by atoms with Crippen LogP contribution in [0.4, 0.5) is 5.82 Å². The Morgan fingerprint density at radius 2 is 2.16 bits per heavy atom. The van der Waals surface area contributed by atoms with Gasteiger partial charge in [0.1, 0.15) is 0 Å². The highest BCUT2D eigenvalue weighted by atomic mass is 16.5. The Labute approximate surface area is 113 Å². The first-order chi connectivity index (χ1) is 9.28. The molecule has 1 saturated heterocycles. The summed E-state index contributed by atoms with van der Waals surface area (Å²) in [5.74, 6) is 1.33. The fourth-order valence-corrected chi connectivity index (χ4v) is 2.75. The molecule has 5 heteroatoms. The molecular formula is C14H19N3O2. The zero-order chi connectivity index (χ0) is 13.2. The molecule has 1 atom stereocenters. The summed E-state index contributed by atoms with van der Waals surface area (Å²) < 4.78 is 4.79. The van der Waals surface area contributed by atoms with E-state index in [9.17, 15) is 4.79 Å². The predicted octanol–water partition coefficient (Wildman–Crippen LogP) is 1.74. The third-order valence-corrected chi connectivity index (χ3v) is 4.24. The first-order valence-electron chi connectivity index (χ1n) is 6.94. The van der Waals surface area contributed by atoms with Crippen LogP contribution < -0.4 is 4.90 Å². The predicted molar refractivity (Wildman–Crippen MR) is 71.0 cm³/mol. The minimum Gasteiger partial charge on any atom is -0.469 e. The van der Waals surface area contributed by atoms with Crippen molar-refractivity contribution in [3.8, 4) is 0 Å². The molecule has 1 aromatic rings. The van der Waals surface area contributed by atoms with Crippen molar-refractivity contribution in [1.29, 1.82) is 0 Å². The number of hydrogen-bond acceptors (Lipinski definition) is 5. The van der Waals surface area contributed by atoms with Gasteiger partial charge in [0.05, 0.1) is 18.7 Å². The molecule has 1 aromatic heterocycles. The second-order valence-electron chi connectivity index (χ2n) is 5.40. The van der Waals surface area contributed by atoms with Crippen LogP contribution in [0, 0.1) is 5.92 Å². The fraction of sp³-hybridized carbons (Fsp3) is 0.643. The van der Waals surface area contributed by atoms with E-state index in [1.54, 1.807) is 0 Å². The van der Waals surface area contributed by atoms with E-state index in [0.29, 0.717) is 12.5 Å². The first kappa shape index (κ1) is 12.4. The number of hydrogen-bond donors (Lipinski definition) is 0. The molecule has 0 N–H and O–H groups in total. The average Bonchev–Trinajstić information content (AvgIpc) is 2.86. The lowest BCUT2D eigenvalue weighted by molar-refractivity contribution is -0.144. The number of nitrogens with zero attached hydrogens (tertiary/aromatic N) is 3. The van der Waals surface area contributed by atoms with Crippen LogP contribution in [0.15, 0.2) is 12.1 Å². The van der Waals surface area contributed by atoms with Crippen molar-refractivity contribution < 1.29 is 9.53 Å². The van der Waals surface area contributed by atoms with Gasteiger partial charge >= 0.3 is 5.97 Å². The zero-order valence-electron chi connectivity index (χ0n) is 11.2. The van der Waals surface area contributed by atoms with Crippen LogP contribution in [0.3, 0.4) is 0 Å². The molecule has 2 aliphatic rings. The number of methoxy groups -OCH3 is 1. The van der Waals surface area contributed by atoms with Crippen LogP contribution in [-0.2, 0) is 9.53 Å². The van der Waals surface area contributed by atoms with Crippen molar-refractivity contribution in [2.24, 2.45) is 5.92 Å². The summed E-state index contributed by atoms with van der Waals surface area (Å²) >= 11 is 0. The van der Waals surface area contributed by atoms with Gasteiger partial charge in [-0.25, -0.2) is 0 Å². The smallest absolute Gasteiger partial charge is 0.310 e. The number of ether oxygens (including phenoxy) is 1. The zero-order valence-corrected chi connectivity index (χ0v) is 11.2. The standard InChI is InChI=1S/C14H19N3O2/c1-19-14(18)11-7-8-17(9-11)13-6-5-12(15-16-13)10-3-2-4-10/h5-6,10-11H,2-4,7-9H2,1H3. The Balaban J connectivity index is 1.64. The maximum Gasteiger partial charge on any atom is 0.310 e. The van der Waals surface area contributed by atoms with E-state index in [2.05, 4.69) is 21.2 Å². The summed E-state index contributed by atoms with van der Waals surface area (Å²) in [6, 6.07) is 4.11. The molecule has 1 aliphatic carbocycles. The molecule has 0 bridgehead atoms. The fourth-order valence-electron chi connectivity index (χ4n) is 2.75. The summed E-state index contributed by atoms with van der Waals surface area (Å²) in [6.07, 6.45) is 4.62. The van der Waals surface area contributed by atoms with Gasteiger partial charge in [0.2, 0.25) is 0 Å². The summed E-state index contributed by atoms with van der Waals surface area (Å²) in [5, 5.41) is 8.63. The molecule has 1 saturated carbocycles. The van der Waals surface area contributed by atoms with Crippen LogP contribution in [-0.4, -0.2) is 36.4 Å². The number of anilines is 1. The van der Waals surface area contributed by atoms with Gasteiger partial charge in [-0.15, -0.1) is 5.10 Å². The van der Waals surface area contributed by atoms with Gasteiger partial charge in [0.15, 0.2) is 5.82 Å². The average molecular weight is 261 g/mol. The quantitative estimate of drug-likeness (QED) is 0.776. The molecule has 19 heavy (non-hydrogen) atoms. The van der Waals surface area contributed by atoms with Crippen LogP contribution in [0.2, 0.25) is 0 Å². The lowest BCUT2D eigenvalue weighted by Crippen LogP contribution is -2.24. The number of rotatable bonds is 3. The van der Waals surface area contributed by atoms with Gasteiger partial charge in [-0.05, 0) is 31.4 Å². The number of carbonyl (C=O) groups is 1. The summed E-state index contributed by atoms with van der Waals surface area (Å²) in [4.78, 5) is 13.6. The number of aromatic nitrogens is 2. The molecule has 0 radical (unpaired) electrons. The van der Waals surface area contributed by atoms with E-state index in [1.807, 2.05) is 6.07 Å². The number of esters is 1. The van der Waals surface area contributed by atoms with Crippen LogP contribution >= 0.6 is 0 Å². The molecule has 2 fully saturated rings. The SMILES string of the molecule is COC(=O)C1CCN(c2ccc(C3CCC3)nn2)C1. The normalized spacial score (nSPS) is 23.2. The van der Waals surface area contributed by atoms with E-state index in [1.165, 1.54) is 26.4 Å². The highest BCUT2D eigenvalue weighted by molar-refractivity contribution is 5.74. The highest BCUT2D eigenvalue weighted by Gasteiger charge is 2.30. The van der Waals surface area contributed by atoms with Gasteiger partial charge in [-0.1, -0.05) is 6.42 Å². The Hall–Kier alpha value is -1.65. The van der Waals surface area contributed by atoms with Crippen molar-refractivity contribution in [1.82, 2.24) is 10.2 Å². The lowest BCUT2D eigenvalue weighted by Gasteiger charge is -2.24. The van der Waals surface area contributed by atoms with Gasteiger partial charge in [0.25, 0.3) is 0 Å². The second kappa shape index (κ2) is 5.15. The highest BCUT2D eigenvalue weighted by Crippen LogP contribution is 2.35. The van der Waals surface area contributed by atoms with Crippen molar-refractivity contribution in [3.63, 3.8) is 0 Å². The molecule has 2 heterocycles. The largest absolute Gasteiger partial charge is 0.469 e. The van der Waals surface area contributed by atoms with Crippen molar-refractivity contribution in [3.05, 3.63) is 17.8 Å². The van der Waals surface area contributed by atoms with Crippen LogP contribution in [0.1, 0.15) is 37.3 Å². The van der Waals surface area contributed by atoms with E-state index in [4.69, 9.17) is 4.74 Å². The van der Waals surface area contributed by atoms with Gasteiger partial charge in [-0.2, -0.15) is 5.10 Å². The monoisotopic (exact) mass is 261 g/mol. The molecule has 1 aliphatic heterocycles. The Bertz CT molecular complexity index is 456. The third kappa shape index (κ3) is 2.41. The minimum absolute atomic E-state index is 0.0295. The molecule has 0 amide bonds. The summed E-state index contributed by atoms with van der Waals surface area (Å²) in [7, 11) is 1.44. The van der Waals surface area contributed by atoms with Crippen molar-refractivity contribution in [2.45, 2.75) is 31.6 Å². The van der Waals surface area contributed by atoms with Gasteiger partial charge in [-0.3, -0.25) is 4.79 Å². The summed E-state index contributed by atoms with van der Waals surface area (Å²) in [6.45, 7) is 1.53. The second-order valence-corrected chi connectivity index (χ2v) is 5.40. The molecule has 0 spiro atoms. The number of carbonyl (C=O) groups excluding carboxylic acids is 1. The topological polar surface area (TPSA) is 55.3 Å². The molecule has 1 unspecified atom stereocenters. The maximum absolute atomic E-state index is 11.5. The Morgan fingerprint density at radius 3 is 2.74 bits per heavy atom. The molecule has 5 nitrogen and oxygen atoms in total. The van der Waals surface area contributed by atoms with Crippen molar-refractivity contribution >= 4 is 11.8 Å². The molecule has 0 aromatic carbocycles. The Morgan fingerprint density at radius 1 is 1.32 bits per heavy atom. The Kier molecular flexibility index (Phi) is 3.36. The van der Waals surface area contributed by atoms with Crippen LogP contribution in [0.25, 0.3) is 0 Å². The maximum atomic E-state index is 11.5.